The number of hydrogen-bond acceptors (Lipinski definition) is 2. The van der Waals surface area contributed by atoms with Gasteiger partial charge in [0.05, 0.1) is 0 Å². The zero-order valence-corrected chi connectivity index (χ0v) is 10.8. The Labute approximate surface area is 95.4 Å². The molecule has 0 saturated carbocycles. The SMILES string of the molecule is CC(C)CCCCNC1CCN(C)CC1. The molecule has 1 rings (SSSR count). The van der Waals surface area contributed by atoms with Gasteiger partial charge < -0.3 is 10.2 Å². The highest BCUT2D eigenvalue weighted by Gasteiger charge is 2.15. The van der Waals surface area contributed by atoms with Crippen LogP contribution in [0.1, 0.15) is 46.0 Å². The number of nitrogens with one attached hydrogen (secondary N) is 1. The zero-order chi connectivity index (χ0) is 11.1. The van der Waals surface area contributed by atoms with Gasteiger partial charge in [-0.05, 0) is 51.9 Å². The Kier molecular flexibility index (Phi) is 6.26. The summed E-state index contributed by atoms with van der Waals surface area (Å²) in [6, 6.07) is 0.792. The molecule has 1 saturated heterocycles. The van der Waals surface area contributed by atoms with Gasteiger partial charge in [-0.2, -0.15) is 0 Å². The Hall–Kier alpha value is -0.0800. The van der Waals surface area contributed by atoms with E-state index in [0.29, 0.717) is 0 Å². The first-order chi connectivity index (χ1) is 7.18. The molecular formula is C13H28N2. The molecule has 1 aliphatic heterocycles. The van der Waals surface area contributed by atoms with Gasteiger partial charge in [-0.1, -0.05) is 26.7 Å². The minimum Gasteiger partial charge on any atom is -0.314 e. The first-order valence-corrected chi connectivity index (χ1v) is 6.60. The summed E-state index contributed by atoms with van der Waals surface area (Å²) in [4.78, 5) is 2.43. The van der Waals surface area contributed by atoms with Gasteiger partial charge in [0.1, 0.15) is 0 Å². The van der Waals surface area contributed by atoms with Crippen molar-refractivity contribution in [2.24, 2.45) is 5.92 Å². The van der Waals surface area contributed by atoms with Crippen molar-refractivity contribution in [1.29, 1.82) is 0 Å². The Morgan fingerprint density at radius 2 is 1.87 bits per heavy atom. The highest BCUT2D eigenvalue weighted by molar-refractivity contribution is 4.75. The molecule has 0 spiro atoms. The van der Waals surface area contributed by atoms with Crippen LogP contribution in [0.5, 0.6) is 0 Å². The predicted molar refractivity (Wildman–Crippen MR) is 67.2 cm³/mol. The van der Waals surface area contributed by atoms with Crippen molar-refractivity contribution < 1.29 is 0 Å². The first kappa shape index (κ1) is 13.0. The van der Waals surface area contributed by atoms with Crippen LogP contribution in [0.3, 0.4) is 0 Å². The number of likely N-dealkylation sites (tertiary alicyclic amines) is 1. The molecule has 0 bridgehead atoms. The summed E-state index contributed by atoms with van der Waals surface area (Å²) in [5.74, 6) is 0.869. The molecule has 0 atom stereocenters. The maximum Gasteiger partial charge on any atom is 0.00914 e. The van der Waals surface area contributed by atoms with Crippen molar-refractivity contribution >= 4 is 0 Å². The zero-order valence-electron chi connectivity index (χ0n) is 10.8. The number of unbranched alkanes of at least 4 members (excludes halogenated alkanes) is 1. The van der Waals surface area contributed by atoms with E-state index in [1.54, 1.807) is 0 Å². The van der Waals surface area contributed by atoms with Crippen molar-refractivity contribution in [2.45, 2.75) is 52.0 Å². The summed E-state index contributed by atoms with van der Waals surface area (Å²) >= 11 is 0. The number of rotatable bonds is 6. The Bertz CT molecular complexity index is 149. The van der Waals surface area contributed by atoms with Crippen LogP contribution in [0.4, 0.5) is 0 Å². The third-order valence-electron chi connectivity index (χ3n) is 3.36. The quantitative estimate of drug-likeness (QED) is 0.681. The molecule has 0 amide bonds. The van der Waals surface area contributed by atoms with Crippen LogP contribution in [0.15, 0.2) is 0 Å². The molecule has 0 radical (unpaired) electrons. The molecule has 1 aliphatic rings. The molecular weight excluding hydrogens is 184 g/mol. The van der Waals surface area contributed by atoms with Crippen LogP contribution in [-0.4, -0.2) is 37.6 Å². The van der Waals surface area contributed by atoms with Crippen molar-refractivity contribution in [3.63, 3.8) is 0 Å². The van der Waals surface area contributed by atoms with Gasteiger partial charge in [0.2, 0.25) is 0 Å². The molecule has 0 aromatic carbocycles. The van der Waals surface area contributed by atoms with E-state index in [-0.39, 0.29) is 0 Å². The summed E-state index contributed by atoms with van der Waals surface area (Å²) in [5, 5.41) is 3.69. The van der Waals surface area contributed by atoms with Crippen LogP contribution < -0.4 is 5.32 Å². The summed E-state index contributed by atoms with van der Waals surface area (Å²) in [6.07, 6.45) is 6.79. The van der Waals surface area contributed by atoms with Gasteiger partial charge in [0, 0.05) is 6.04 Å². The highest BCUT2D eigenvalue weighted by atomic mass is 15.1. The normalized spacial score (nSPS) is 20.0. The molecule has 0 aromatic heterocycles. The fraction of sp³-hybridized carbons (Fsp3) is 1.00. The second-order valence-corrected chi connectivity index (χ2v) is 5.42. The molecule has 2 heteroatoms. The summed E-state index contributed by atoms with van der Waals surface area (Å²) in [5.41, 5.74) is 0. The first-order valence-electron chi connectivity index (χ1n) is 6.60. The Morgan fingerprint density at radius 1 is 1.20 bits per heavy atom. The third-order valence-corrected chi connectivity index (χ3v) is 3.36. The van der Waals surface area contributed by atoms with Gasteiger partial charge in [-0.3, -0.25) is 0 Å². The predicted octanol–water partition coefficient (Wildman–Crippen LogP) is 2.50. The monoisotopic (exact) mass is 212 g/mol. The topological polar surface area (TPSA) is 15.3 Å². The molecule has 1 heterocycles. The van der Waals surface area contributed by atoms with E-state index in [1.165, 1.54) is 51.7 Å². The van der Waals surface area contributed by atoms with Gasteiger partial charge in [0.15, 0.2) is 0 Å². The number of nitrogens with zero attached hydrogens (tertiary/aromatic N) is 1. The van der Waals surface area contributed by atoms with Crippen LogP contribution in [0.2, 0.25) is 0 Å². The third kappa shape index (κ3) is 6.16. The number of piperidine rings is 1. The van der Waals surface area contributed by atoms with Crippen molar-refractivity contribution in [3.8, 4) is 0 Å². The maximum absolute atomic E-state index is 3.69. The van der Waals surface area contributed by atoms with E-state index in [2.05, 4.69) is 31.1 Å². The average molecular weight is 212 g/mol. The van der Waals surface area contributed by atoms with E-state index in [9.17, 15) is 0 Å². The highest BCUT2D eigenvalue weighted by Crippen LogP contribution is 2.09. The molecule has 2 nitrogen and oxygen atoms in total. The van der Waals surface area contributed by atoms with Crippen molar-refractivity contribution in [1.82, 2.24) is 10.2 Å². The largest absolute Gasteiger partial charge is 0.314 e. The minimum absolute atomic E-state index is 0.792. The lowest BCUT2D eigenvalue weighted by atomic mass is 10.0. The smallest absolute Gasteiger partial charge is 0.00914 e. The fourth-order valence-corrected chi connectivity index (χ4v) is 2.20. The molecule has 1 fully saturated rings. The lowest BCUT2D eigenvalue weighted by Gasteiger charge is -2.29. The van der Waals surface area contributed by atoms with E-state index in [0.717, 1.165) is 12.0 Å². The van der Waals surface area contributed by atoms with Crippen LogP contribution >= 0.6 is 0 Å². The number of hydrogen-bond donors (Lipinski definition) is 1. The Balaban J connectivity index is 1.91. The van der Waals surface area contributed by atoms with Crippen molar-refractivity contribution in [3.05, 3.63) is 0 Å². The summed E-state index contributed by atoms with van der Waals surface area (Å²) < 4.78 is 0. The van der Waals surface area contributed by atoms with Crippen LogP contribution in [-0.2, 0) is 0 Å². The Morgan fingerprint density at radius 3 is 2.47 bits per heavy atom. The van der Waals surface area contributed by atoms with Crippen molar-refractivity contribution in [2.75, 3.05) is 26.7 Å². The van der Waals surface area contributed by atoms with Gasteiger partial charge in [-0.25, -0.2) is 0 Å². The standard InChI is InChI=1S/C13H28N2/c1-12(2)6-4-5-9-14-13-7-10-15(3)11-8-13/h12-14H,4-11H2,1-3H3. The van der Waals surface area contributed by atoms with E-state index in [4.69, 9.17) is 0 Å². The van der Waals surface area contributed by atoms with E-state index in [1.807, 2.05) is 0 Å². The lowest BCUT2D eigenvalue weighted by Crippen LogP contribution is -2.41. The van der Waals surface area contributed by atoms with E-state index < -0.39 is 0 Å². The molecule has 90 valence electrons. The van der Waals surface area contributed by atoms with Crippen LogP contribution in [0, 0.1) is 5.92 Å². The second kappa shape index (κ2) is 7.24. The molecule has 15 heavy (non-hydrogen) atoms. The summed E-state index contributed by atoms with van der Waals surface area (Å²) in [6.45, 7) is 8.38. The average Bonchev–Trinajstić information content (AvgIpc) is 2.20. The molecule has 0 unspecified atom stereocenters. The maximum atomic E-state index is 3.69. The molecule has 0 aliphatic carbocycles. The van der Waals surface area contributed by atoms with Gasteiger partial charge >= 0.3 is 0 Å². The van der Waals surface area contributed by atoms with Gasteiger partial charge in [-0.15, -0.1) is 0 Å². The summed E-state index contributed by atoms with van der Waals surface area (Å²) in [7, 11) is 2.22. The van der Waals surface area contributed by atoms with E-state index >= 15 is 0 Å². The lowest BCUT2D eigenvalue weighted by molar-refractivity contribution is 0.234. The fourth-order valence-electron chi connectivity index (χ4n) is 2.20. The van der Waals surface area contributed by atoms with Crippen LogP contribution in [0.25, 0.3) is 0 Å². The van der Waals surface area contributed by atoms with Gasteiger partial charge in [0.25, 0.3) is 0 Å². The molecule has 1 N–H and O–H groups in total. The second-order valence-electron chi connectivity index (χ2n) is 5.42. The molecule has 0 aromatic rings. The minimum atomic E-state index is 0.792.